The van der Waals surface area contributed by atoms with Gasteiger partial charge in [-0.3, -0.25) is 9.59 Å². The maximum atomic E-state index is 12.2. The first-order chi connectivity index (χ1) is 18.3. The summed E-state index contributed by atoms with van der Waals surface area (Å²) in [5.41, 5.74) is 1.96. The summed E-state index contributed by atoms with van der Waals surface area (Å²) in [7, 11) is 1.32. The Morgan fingerprint density at radius 3 is 1.44 bits per heavy atom. The molecule has 4 rings (SSSR count). The van der Waals surface area contributed by atoms with E-state index in [0.717, 1.165) is 0 Å². The number of benzene rings is 4. The van der Waals surface area contributed by atoms with E-state index in [0.29, 0.717) is 45.6 Å². The SMILES string of the molecule is COc1c(O)c(C(C)C)c2cc(C)c(-c3c(C)cc4c(C(C)C)c(O)c(O)c(C=O)c4c3O)c(O)c2c1C=O. The first kappa shape index (κ1) is 27.6. The van der Waals surface area contributed by atoms with Crippen LogP contribution in [0.15, 0.2) is 12.1 Å². The molecule has 0 bridgehead atoms. The molecule has 8 nitrogen and oxygen atoms in total. The predicted molar refractivity (Wildman–Crippen MR) is 150 cm³/mol. The third-order valence-corrected chi connectivity index (χ3v) is 7.41. The molecule has 0 radical (unpaired) electrons. The quantitative estimate of drug-likeness (QED) is 0.136. The third kappa shape index (κ3) is 3.81. The van der Waals surface area contributed by atoms with Crippen LogP contribution < -0.4 is 4.74 Å². The molecule has 0 fully saturated rings. The van der Waals surface area contributed by atoms with Crippen molar-refractivity contribution in [3.63, 3.8) is 0 Å². The zero-order valence-corrected chi connectivity index (χ0v) is 22.9. The zero-order valence-electron chi connectivity index (χ0n) is 22.9. The van der Waals surface area contributed by atoms with Gasteiger partial charge in [0.15, 0.2) is 35.6 Å². The molecular formula is C31H32O8. The van der Waals surface area contributed by atoms with E-state index in [2.05, 4.69) is 0 Å². The zero-order chi connectivity index (χ0) is 29.1. The van der Waals surface area contributed by atoms with E-state index in [1.165, 1.54) is 7.11 Å². The molecule has 8 heteroatoms. The summed E-state index contributed by atoms with van der Waals surface area (Å²) in [5.74, 6) is -2.47. The lowest BCUT2D eigenvalue weighted by atomic mass is 9.83. The Morgan fingerprint density at radius 1 is 0.641 bits per heavy atom. The number of aromatic hydroxyl groups is 5. The summed E-state index contributed by atoms with van der Waals surface area (Å²) >= 11 is 0. The molecule has 0 spiro atoms. The lowest BCUT2D eigenvalue weighted by Gasteiger charge is -2.23. The number of methoxy groups -OCH3 is 1. The fraction of sp³-hybridized carbons (Fsp3) is 0.290. The van der Waals surface area contributed by atoms with Gasteiger partial charge in [-0.05, 0) is 47.6 Å². The van der Waals surface area contributed by atoms with Gasteiger partial charge in [-0.1, -0.05) is 39.8 Å². The van der Waals surface area contributed by atoms with Gasteiger partial charge < -0.3 is 30.3 Å². The normalized spacial score (nSPS) is 11.6. The Balaban J connectivity index is 2.28. The minimum absolute atomic E-state index is 0.0327. The van der Waals surface area contributed by atoms with Gasteiger partial charge >= 0.3 is 0 Å². The number of phenols is 5. The lowest BCUT2D eigenvalue weighted by molar-refractivity contribution is 0.111. The molecule has 0 aromatic heterocycles. The van der Waals surface area contributed by atoms with Gasteiger partial charge in [-0.2, -0.15) is 0 Å². The monoisotopic (exact) mass is 532 g/mol. The number of carbonyl (C=O) groups is 2. The van der Waals surface area contributed by atoms with Crippen LogP contribution in [0.1, 0.15) is 82.5 Å². The van der Waals surface area contributed by atoms with Crippen LogP contribution in [0.2, 0.25) is 0 Å². The number of carbonyl (C=O) groups excluding carboxylic acids is 2. The summed E-state index contributed by atoms with van der Waals surface area (Å²) in [6.07, 6.45) is 0.859. The molecule has 0 aliphatic carbocycles. The van der Waals surface area contributed by atoms with E-state index in [1.807, 2.05) is 27.7 Å². The highest BCUT2D eigenvalue weighted by Crippen LogP contribution is 2.54. The predicted octanol–water partition coefficient (Wildman–Crippen LogP) is 6.69. The maximum absolute atomic E-state index is 12.2. The van der Waals surface area contributed by atoms with E-state index in [-0.39, 0.29) is 67.9 Å². The Labute approximate surface area is 225 Å². The molecule has 0 saturated heterocycles. The van der Waals surface area contributed by atoms with E-state index >= 15 is 0 Å². The minimum atomic E-state index is -0.643. The van der Waals surface area contributed by atoms with Gasteiger partial charge in [0.1, 0.15) is 11.5 Å². The molecular weight excluding hydrogens is 500 g/mol. The second-order valence-corrected chi connectivity index (χ2v) is 10.5. The molecule has 4 aromatic rings. The smallest absolute Gasteiger partial charge is 0.172 e. The number of hydrogen-bond donors (Lipinski definition) is 5. The van der Waals surface area contributed by atoms with Crippen molar-refractivity contribution in [2.75, 3.05) is 7.11 Å². The fourth-order valence-corrected chi connectivity index (χ4v) is 5.80. The van der Waals surface area contributed by atoms with Crippen molar-refractivity contribution in [2.45, 2.75) is 53.4 Å². The topological polar surface area (TPSA) is 145 Å². The third-order valence-electron chi connectivity index (χ3n) is 7.41. The highest BCUT2D eigenvalue weighted by atomic mass is 16.5. The highest BCUT2D eigenvalue weighted by Gasteiger charge is 2.30. The standard InChI is InChI=1S/C31H32O8/c1-12(2)20-16-8-14(5)22(27(35)24(16)18(10-32)26(34)29(20)37)23-15(6)9-17-21(13(3)4)30(38)31(39-7)19(11-33)25(17)28(23)36/h8-13,34-38H,1-7H3. The number of hydrogen-bond acceptors (Lipinski definition) is 8. The van der Waals surface area contributed by atoms with Gasteiger partial charge in [0.25, 0.3) is 0 Å². The number of ether oxygens (including phenoxy) is 1. The van der Waals surface area contributed by atoms with Gasteiger partial charge in [-0.15, -0.1) is 0 Å². The summed E-state index contributed by atoms with van der Waals surface area (Å²) in [6.45, 7) is 10.8. The van der Waals surface area contributed by atoms with Crippen LogP contribution in [-0.2, 0) is 0 Å². The van der Waals surface area contributed by atoms with Crippen molar-refractivity contribution >= 4 is 34.1 Å². The Morgan fingerprint density at radius 2 is 1.05 bits per heavy atom. The van der Waals surface area contributed by atoms with Gasteiger partial charge in [0.05, 0.1) is 18.2 Å². The van der Waals surface area contributed by atoms with Crippen LogP contribution in [0.3, 0.4) is 0 Å². The lowest BCUT2D eigenvalue weighted by Crippen LogP contribution is -2.02. The maximum Gasteiger partial charge on any atom is 0.172 e. The average molecular weight is 533 g/mol. The number of aryl methyl sites for hydroxylation is 2. The van der Waals surface area contributed by atoms with Crippen molar-refractivity contribution in [1.82, 2.24) is 0 Å². The van der Waals surface area contributed by atoms with Crippen LogP contribution in [0.4, 0.5) is 0 Å². The summed E-state index contributed by atoms with van der Waals surface area (Å²) in [6, 6.07) is 3.41. The Hall–Kier alpha value is -4.46. The van der Waals surface area contributed by atoms with Crippen molar-refractivity contribution < 1.29 is 39.9 Å². The van der Waals surface area contributed by atoms with Crippen molar-refractivity contribution in [3.8, 4) is 45.6 Å². The number of phenolic OH excluding ortho intramolecular Hbond substituents is 5. The first-order valence-electron chi connectivity index (χ1n) is 12.6. The minimum Gasteiger partial charge on any atom is -0.507 e. The molecule has 0 aliphatic rings. The first-order valence-corrected chi connectivity index (χ1v) is 12.6. The number of rotatable bonds is 6. The van der Waals surface area contributed by atoms with Crippen LogP contribution in [-0.4, -0.2) is 45.2 Å². The van der Waals surface area contributed by atoms with E-state index in [4.69, 9.17) is 4.74 Å². The fourth-order valence-electron chi connectivity index (χ4n) is 5.80. The molecule has 0 saturated carbocycles. The van der Waals surface area contributed by atoms with Gasteiger partial charge in [0.2, 0.25) is 0 Å². The van der Waals surface area contributed by atoms with E-state index < -0.39 is 11.5 Å². The van der Waals surface area contributed by atoms with Gasteiger partial charge in [-0.25, -0.2) is 0 Å². The molecule has 0 aliphatic heterocycles. The second kappa shape index (κ2) is 9.69. The Kier molecular flexibility index (Phi) is 6.85. The van der Waals surface area contributed by atoms with Crippen molar-refractivity contribution in [3.05, 3.63) is 45.5 Å². The molecule has 0 amide bonds. The van der Waals surface area contributed by atoms with Crippen molar-refractivity contribution in [2.24, 2.45) is 0 Å². The summed E-state index contributed by atoms with van der Waals surface area (Å²) in [5, 5.41) is 56.7. The largest absolute Gasteiger partial charge is 0.507 e. The van der Waals surface area contributed by atoms with Crippen LogP contribution in [0.5, 0.6) is 34.5 Å². The molecule has 39 heavy (non-hydrogen) atoms. The highest BCUT2D eigenvalue weighted by molar-refractivity contribution is 6.14. The molecule has 0 heterocycles. The molecule has 0 atom stereocenters. The molecule has 5 N–H and O–H groups in total. The summed E-state index contributed by atoms with van der Waals surface area (Å²) in [4.78, 5) is 24.3. The Bertz CT molecular complexity index is 1700. The molecule has 4 aromatic carbocycles. The number of fused-ring (bicyclic) bond motifs is 2. The van der Waals surface area contributed by atoms with Crippen LogP contribution in [0.25, 0.3) is 32.7 Å². The van der Waals surface area contributed by atoms with Crippen molar-refractivity contribution in [1.29, 1.82) is 0 Å². The average Bonchev–Trinajstić information content (AvgIpc) is 2.85. The molecule has 0 unspecified atom stereocenters. The summed E-state index contributed by atoms with van der Waals surface area (Å²) < 4.78 is 5.36. The molecule has 204 valence electrons. The number of aldehydes is 2. The van der Waals surface area contributed by atoms with Crippen LogP contribution >= 0.6 is 0 Å². The van der Waals surface area contributed by atoms with E-state index in [9.17, 15) is 35.1 Å². The second-order valence-electron chi connectivity index (χ2n) is 10.5. The van der Waals surface area contributed by atoms with E-state index in [1.54, 1.807) is 26.0 Å². The van der Waals surface area contributed by atoms with Crippen LogP contribution in [0, 0.1) is 13.8 Å². The van der Waals surface area contributed by atoms with Gasteiger partial charge in [0, 0.05) is 33.0 Å².